The Balaban J connectivity index is 2.04. The number of nitrogens with zero attached hydrogens (tertiary/aromatic N) is 1. The predicted octanol–water partition coefficient (Wildman–Crippen LogP) is 1.84. The fraction of sp³-hybridized carbons (Fsp3) is 0.533. The summed E-state index contributed by atoms with van der Waals surface area (Å²) in [5, 5.41) is 12.0. The maximum atomic E-state index is 12.2. The van der Waals surface area contributed by atoms with Crippen LogP contribution in [0.4, 0.5) is 4.79 Å². The Bertz CT molecular complexity index is 470. The van der Waals surface area contributed by atoms with Crippen LogP contribution in [0.25, 0.3) is 0 Å². The fourth-order valence-electron chi connectivity index (χ4n) is 2.40. The van der Waals surface area contributed by atoms with Crippen molar-refractivity contribution in [2.24, 2.45) is 0 Å². The van der Waals surface area contributed by atoms with E-state index in [-0.39, 0.29) is 18.7 Å². The van der Waals surface area contributed by atoms with E-state index < -0.39 is 0 Å². The topological polar surface area (TPSA) is 61.8 Å². The van der Waals surface area contributed by atoms with E-state index in [1.165, 1.54) is 0 Å². The van der Waals surface area contributed by atoms with Crippen LogP contribution in [0.15, 0.2) is 18.2 Å². The molecule has 1 heterocycles. The van der Waals surface area contributed by atoms with Crippen LogP contribution >= 0.6 is 0 Å². The lowest BCUT2D eigenvalue weighted by molar-refractivity contribution is 0.171. The standard InChI is InChI=1S/C15H22N2O3/c1-3-6-17(7-8-18)15(19)16-13-10-20-14-5-4-11(2)9-12(13)14/h4-5,9,13,18H,3,6-8,10H2,1-2H3,(H,16,19). The molecule has 0 aromatic heterocycles. The number of amides is 2. The van der Waals surface area contributed by atoms with Gasteiger partial charge in [-0.25, -0.2) is 4.79 Å². The average molecular weight is 278 g/mol. The molecule has 1 aromatic carbocycles. The zero-order chi connectivity index (χ0) is 14.5. The lowest BCUT2D eigenvalue weighted by Gasteiger charge is -2.23. The van der Waals surface area contributed by atoms with Crippen molar-refractivity contribution in [2.45, 2.75) is 26.3 Å². The van der Waals surface area contributed by atoms with Gasteiger partial charge in [-0.2, -0.15) is 0 Å². The molecule has 2 rings (SSSR count). The molecular weight excluding hydrogens is 256 g/mol. The third kappa shape index (κ3) is 3.22. The fourth-order valence-corrected chi connectivity index (χ4v) is 2.40. The molecule has 0 saturated heterocycles. The first-order chi connectivity index (χ1) is 9.65. The van der Waals surface area contributed by atoms with Crippen LogP contribution in [0.5, 0.6) is 5.75 Å². The van der Waals surface area contributed by atoms with Gasteiger partial charge in [-0.05, 0) is 19.4 Å². The summed E-state index contributed by atoms with van der Waals surface area (Å²) in [6.07, 6.45) is 0.865. The highest BCUT2D eigenvalue weighted by Gasteiger charge is 2.27. The van der Waals surface area contributed by atoms with Crippen molar-refractivity contribution in [3.63, 3.8) is 0 Å². The van der Waals surface area contributed by atoms with Crippen molar-refractivity contribution >= 4 is 6.03 Å². The van der Waals surface area contributed by atoms with Crippen molar-refractivity contribution in [3.8, 4) is 5.75 Å². The lowest BCUT2D eigenvalue weighted by Crippen LogP contribution is -2.43. The van der Waals surface area contributed by atoms with E-state index >= 15 is 0 Å². The van der Waals surface area contributed by atoms with Crippen molar-refractivity contribution in [2.75, 3.05) is 26.3 Å². The number of nitrogens with one attached hydrogen (secondary N) is 1. The van der Waals surface area contributed by atoms with Crippen LogP contribution in [-0.2, 0) is 0 Å². The molecule has 0 spiro atoms. The van der Waals surface area contributed by atoms with Gasteiger partial charge < -0.3 is 20.1 Å². The maximum absolute atomic E-state index is 12.2. The smallest absolute Gasteiger partial charge is 0.318 e. The minimum Gasteiger partial charge on any atom is -0.491 e. The van der Waals surface area contributed by atoms with E-state index in [1.54, 1.807) is 4.90 Å². The van der Waals surface area contributed by atoms with Crippen molar-refractivity contribution in [1.82, 2.24) is 10.2 Å². The summed E-state index contributed by atoms with van der Waals surface area (Å²) in [5.41, 5.74) is 2.17. The molecule has 0 bridgehead atoms. The van der Waals surface area contributed by atoms with Crippen LogP contribution in [0, 0.1) is 6.92 Å². The Labute approximate surface area is 119 Å². The number of fused-ring (bicyclic) bond motifs is 1. The second-order valence-electron chi connectivity index (χ2n) is 5.07. The van der Waals surface area contributed by atoms with E-state index in [0.29, 0.717) is 19.7 Å². The Morgan fingerprint density at radius 3 is 3.00 bits per heavy atom. The first kappa shape index (κ1) is 14.7. The summed E-state index contributed by atoms with van der Waals surface area (Å²) >= 11 is 0. The number of carbonyl (C=O) groups excluding carboxylic acids is 1. The van der Waals surface area contributed by atoms with Gasteiger partial charge in [-0.3, -0.25) is 0 Å². The van der Waals surface area contributed by atoms with Gasteiger partial charge in [-0.15, -0.1) is 0 Å². The molecule has 5 nitrogen and oxygen atoms in total. The Morgan fingerprint density at radius 1 is 1.50 bits per heavy atom. The third-order valence-corrected chi connectivity index (χ3v) is 3.39. The van der Waals surface area contributed by atoms with Crippen LogP contribution in [0.2, 0.25) is 0 Å². The highest BCUT2D eigenvalue weighted by atomic mass is 16.5. The largest absolute Gasteiger partial charge is 0.491 e. The molecule has 1 atom stereocenters. The van der Waals surface area contributed by atoms with Gasteiger partial charge in [0.05, 0.1) is 12.6 Å². The zero-order valence-corrected chi connectivity index (χ0v) is 12.1. The molecule has 0 saturated carbocycles. The number of hydrogen-bond acceptors (Lipinski definition) is 3. The van der Waals surface area contributed by atoms with Gasteiger partial charge in [0, 0.05) is 18.7 Å². The van der Waals surface area contributed by atoms with Gasteiger partial charge in [0.15, 0.2) is 0 Å². The van der Waals surface area contributed by atoms with Crippen LogP contribution in [-0.4, -0.2) is 42.3 Å². The van der Waals surface area contributed by atoms with Crippen molar-refractivity contribution in [3.05, 3.63) is 29.3 Å². The first-order valence-electron chi connectivity index (χ1n) is 7.05. The highest BCUT2D eigenvalue weighted by Crippen LogP contribution is 2.32. The van der Waals surface area contributed by atoms with E-state index in [9.17, 15) is 4.79 Å². The van der Waals surface area contributed by atoms with Crippen molar-refractivity contribution < 1.29 is 14.6 Å². The molecule has 1 aliphatic heterocycles. The average Bonchev–Trinajstić information content (AvgIpc) is 2.81. The quantitative estimate of drug-likeness (QED) is 0.864. The number of rotatable bonds is 5. The van der Waals surface area contributed by atoms with E-state index in [4.69, 9.17) is 9.84 Å². The molecule has 1 unspecified atom stereocenters. The normalized spacial score (nSPS) is 16.4. The number of aryl methyl sites for hydroxylation is 1. The molecule has 5 heteroatoms. The summed E-state index contributed by atoms with van der Waals surface area (Å²) in [4.78, 5) is 13.9. The molecule has 1 aromatic rings. The molecule has 0 aliphatic carbocycles. The lowest BCUT2D eigenvalue weighted by atomic mass is 10.1. The Morgan fingerprint density at radius 2 is 2.30 bits per heavy atom. The van der Waals surface area contributed by atoms with Crippen molar-refractivity contribution in [1.29, 1.82) is 0 Å². The van der Waals surface area contributed by atoms with Crippen LogP contribution < -0.4 is 10.1 Å². The summed E-state index contributed by atoms with van der Waals surface area (Å²) in [7, 11) is 0. The Kier molecular flexibility index (Phi) is 4.84. The second-order valence-corrected chi connectivity index (χ2v) is 5.07. The van der Waals surface area contributed by atoms with Gasteiger partial charge in [0.2, 0.25) is 0 Å². The Hall–Kier alpha value is -1.75. The molecular formula is C15H22N2O3. The first-order valence-corrected chi connectivity index (χ1v) is 7.05. The number of hydrogen-bond donors (Lipinski definition) is 2. The molecule has 2 amide bonds. The number of urea groups is 1. The maximum Gasteiger partial charge on any atom is 0.318 e. The SMILES string of the molecule is CCCN(CCO)C(=O)NC1COc2ccc(C)cc21. The number of aliphatic hydroxyl groups is 1. The third-order valence-electron chi connectivity index (χ3n) is 3.39. The van der Waals surface area contributed by atoms with Gasteiger partial charge >= 0.3 is 6.03 Å². The minimum atomic E-state index is -0.149. The summed E-state index contributed by atoms with van der Waals surface area (Å²) in [6, 6.07) is 5.72. The molecule has 110 valence electrons. The molecule has 20 heavy (non-hydrogen) atoms. The molecule has 2 N–H and O–H groups in total. The van der Waals surface area contributed by atoms with E-state index in [1.807, 2.05) is 32.0 Å². The summed E-state index contributed by atoms with van der Waals surface area (Å²) in [5.74, 6) is 0.838. The molecule has 0 radical (unpaired) electrons. The van der Waals surface area contributed by atoms with Gasteiger partial charge in [0.1, 0.15) is 12.4 Å². The van der Waals surface area contributed by atoms with E-state index in [2.05, 4.69) is 5.32 Å². The summed E-state index contributed by atoms with van der Waals surface area (Å²) < 4.78 is 5.58. The monoisotopic (exact) mass is 278 g/mol. The number of benzene rings is 1. The summed E-state index contributed by atoms with van der Waals surface area (Å²) in [6.45, 7) is 5.46. The zero-order valence-electron chi connectivity index (χ0n) is 12.1. The predicted molar refractivity (Wildman–Crippen MR) is 76.9 cm³/mol. The number of carbonyl (C=O) groups is 1. The number of ether oxygens (including phenoxy) is 1. The van der Waals surface area contributed by atoms with Crippen LogP contribution in [0.1, 0.15) is 30.5 Å². The molecule has 0 fully saturated rings. The van der Waals surface area contributed by atoms with E-state index in [0.717, 1.165) is 23.3 Å². The van der Waals surface area contributed by atoms with Gasteiger partial charge in [-0.1, -0.05) is 24.6 Å². The molecule has 1 aliphatic rings. The second kappa shape index (κ2) is 6.61. The minimum absolute atomic E-state index is 0.0235. The highest BCUT2D eigenvalue weighted by molar-refractivity contribution is 5.75. The van der Waals surface area contributed by atoms with Gasteiger partial charge in [0.25, 0.3) is 0 Å². The number of aliphatic hydroxyl groups excluding tert-OH is 1. The van der Waals surface area contributed by atoms with Crippen LogP contribution in [0.3, 0.4) is 0 Å².